The van der Waals surface area contributed by atoms with Crippen LogP contribution in [0.5, 0.6) is 0 Å². The van der Waals surface area contributed by atoms with Crippen LogP contribution in [-0.4, -0.2) is 36.1 Å². The summed E-state index contributed by atoms with van der Waals surface area (Å²) in [6.45, 7) is 7.68. The van der Waals surface area contributed by atoms with Crippen molar-refractivity contribution in [2.24, 2.45) is 0 Å². The Labute approximate surface area is 126 Å². The summed E-state index contributed by atoms with van der Waals surface area (Å²) in [5.41, 5.74) is 3.67. The molecule has 2 aliphatic rings. The molecule has 0 spiro atoms. The Balaban J connectivity index is 1.97. The molecule has 1 aromatic carbocycles. The van der Waals surface area contributed by atoms with Gasteiger partial charge in [-0.1, -0.05) is 30.7 Å². The van der Waals surface area contributed by atoms with Crippen LogP contribution in [0.3, 0.4) is 0 Å². The zero-order valence-electron chi connectivity index (χ0n) is 13.1. The van der Waals surface area contributed by atoms with E-state index in [1.54, 1.807) is 0 Å². The van der Waals surface area contributed by atoms with Crippen LogP contribution >= 0.6 is 0 Å². The molecule has 2 saturated heterocycles. The second-order valence-electron chi connectivity index (χ2n) is 6.15. The molecule has 4 heteroatoms. The van der Waals surface area contributed by atoms with E-state index in [1.165, 1.54) is 16.7 Å². The van der Waals surface area contributed by atoms with Crippen LogP contribution in [0.25, 0.3) is 0 Å². The van der Waals surface area contributed by atoms with Crippen LogP contribution in [0.1, 0.15) is 42.6 Å². The third-order valence-corrected chi connectivity index (χ3v) is 4.63. The summed E-state index contributed by atoms with van der Waals surface area (Å²) in [7, 11) is 0. The third kappa shape index (κ3) is 2.58. The fourth-order valence-corrected chi connectivity index (χ4v) is 3.37. The maximum absolute atomic E-state index is 12.7. The Kier molecular flexibility index (Phi) is 4.00. The number of amides is 1. The van der Waals surface area contributed by atoms with E-state index in [2.05, 4.69) is 44.3 Å². The van der Waals surface area contributed by atoms with Gasteiger partial charge in [0.05, 0.1) is 18.7 Å². The number of rotatable bonds is 3. The summed E-state index contributed by atoms with van der Waals surface area (Å²) >= 11 is 0. The molecule has 1 amide bonds. The number of ether oxygens (including phenoxy) is 1. The normalized spacial score (nSPS) is 29.4. The van der Waals surface area contributed by atoms with Crippen LogP contribution in [0.4, 0.5) is 0 Å². The predicted octanol–water partition coefficient (Wildman–Crippen LogP) is 2.30. The number of aryl methyl sites for hydroxylation is 2. The SMILES string of the molecule is CCC1NC(c2cc(C)ccc2C)N(C2CCOC2)C1=O. The van der Waals surface area contributed by atoms with Gasteiger partial charge in [0, 0.05) is 6.61 Å². The molecule has 0 saturated carbocycles. The minimum absolute atomic E-state index is 0.0194. The molecule has 2 heterocycles. The number of nitrogens with one attached hydrogen (secondary N) is 1. The van der Waals surface area contributed by atoms with Crippen molar-refractivity contribution < 1.29 is 9.53 Å². The second-order valence-corrected chi connectivity index (χ2v) is 6.15. The van der Waals surface area contributed by atoms with E-state index < -0.39 is 0 Å². The van der Waals surface area contributed by atoms with Crippen molar-refractivity contribution in [3.05, 3.63) is 34.9 Å². The van der Waals surface area contributed by atoms with Crippen LogP contribution in [0.2, 0.25) is 0 Å². The molecular weight excluding hydrogens is 264 g/mol. The number of carbonyl (C=O) groups excluding carboxylic acids is 1. The van der Waals surface area contributed by atoms with Crippen molar-refractivity contribution in [1.29, 1.82) is 0 Å². The van der Waals surface area contributed by atoms with Gasteiger partial charge in [-0.3, -0.25) is 10.1 Å². The lowest BCUT2D eigenvalue weighted by molar-refractivity contribution is -0.132. The highest BCUT2D eigenvalue weighted by molar-refractivity contribution is 5.85. The molecule has 3 atom stereocenters. The highest BCUT2D eigenvalue weighted by Gasteiger charge is 2.43. The summed E-state index contributed by atoms with van der Waals surface area (Å²) in [4.78, 5) is 14.7. The lowest BCUT2D eigenvalue weighted by Gasteiger charge is -2.30. The standard InChI is InChI=1S/C17H24N2O2/c1-4-15-17(20)19(13-7-8-21-10-13)16(18-15)14-9-11(2)5-6-12(14)3/h5-6,9,13,15-16,18H,4,7-8,10H2,1-3H3. The minimum Gasteiger partial charge on any atom is -0.379 e. The monoisotopic (exact) mass is 288 g/mol. The van der Waals surface area contributed by atoms with E-state index in [-0.39, 0.29) is 24.2 Å². The molecule has 0 radical (unpaired) electrons. The van der Waals surface area contributed by atoms with Gasteiger partial charge in [0.2, 0.25) is 5.91 Å². The third-order valence-electron chi connectivity index (χ3n) is 4.63. The molecule has 21 heavy (non-hydrogen) atoms. The van der Waals surface area contributed by atoms with E-state index in [9.17, 15) is 4.79 Å². The van der Waals surface area contributed by atoms with Crippen LogP contribution in [0.15, 0.2) is 18.2 Å². The molecule has 2 fully saturated rings. The van der Waals surface area contributed by atoms with Gasteiger partial charge in [-0.2, -0.15) is 0 Å². The average molecular weight is 288 g/mol. The topological polar surface area (TPSA) is 41.6 Å². The van der Waals surface area contributed by atoms with Crippen molar-refractivity contribution in [3.63, 3.8) is 0 Å². The molecule has 3 unspecified atom stereocenters. The zero-order valence-corrected chi connectivity index (χ0v) is 13.1. The summed E-state index contributed by atoms with van der Waals surface area (Å²) in [6, 6.07) is 6.58. The molecule has 4 nitrogen and oxygen atoms in total. The molecule has 0 bridgehead atoms. The lowest BCUT2D eigenvalue weighted by atomic mass is 10.0. The number of carbonyl (C=O) groups is 1. The van der Waals surface area contributed by atoms with E-state index >= 15 is 0 Å². The first-order chi connectivity index (χ1) is 10.1. The largest absolute Gasteiger partial charge is 0.379 e. The summed E-state index contributed by atoms with van der Waals surface area (Å²) in [6.07, 6.45) is 1.74. The van der Waals surface area contributed by atoms with Crippen molar-refractivity contribution >= 4 is 5.91 Å². The van der Waals surface area contributed by atoms with Gasteiger partial charge in [0.1, 0.15) is 6.17 Å². The predicted molar refractivity (Wildman–Crippen MR) is 81.9 cm³/mol. The molecule has 0 aromatic heterocycles. The quantitative estimate of drug-likeness (QED) is 0.928. The van der Waals surface area contributed by atoms with Gasteiger partial charge in [-0.05, 0) is 37.8 Å². The summed E-state index contributed by atoms with van der Waals surface area (Å²) < 4.78 is 5.50. The van der Waals surface area contributed by atoms with Crippen molar-refractivity contribution in [3.8, 4) is 0 Å². The number of benzene rings is 1. The van der Waals surface area contributed by atoms with Crippen LogP contribution in [0, 0.1) is 13.8 Å². The smallest absolute Gasteiger partial charge is 0.241 e. The Morgan fingerprint density at radius 3 is 2.86 bits per heavy atom. The number of nitrogens with zero attached hydrogens (tertiary/aromatic N) is 1. The Morgan fingerprint density at radius 2 is 2.19 bits per heavy atom. The second kappa shape index (κ2) is 5.78. The molecular formula is C17H24N2O2. The van der Waals surface area contributed by atoms with Crippen LogP contribution < -0.4 is 5.32 Å². The lowest BCUT2D eigenvalue weighted by Crippen LogP contribution is -2.40. The van der Waals surface area contributed by atoms with Gasteiger partial charge < -0.3 is 9.64 Å². The van der Waals surface area contributed by atoms with E-state index in [0.717, 1.165) is 19.4 Å². The zero-order chi connectivity index (χ0) is 15.0. The maximum Gasteiger partial charge on any atom is 0.241 e. The van der Waals surface area contributed by atoms with Crippen LogP contribution in [-0.2, 0) is 9.53 Å². The number of hydrogen-bond acceptors (Lipinski definition) is 3. The van der Waals surface area contributed by atoms with E-state index in [4.69, 9.17) is 4.74 Å². The molecule has 0 aliphatic carbocycles. The van der Waals surface area contributed by atoms with Gasteiger partial charge >= 0.3 is 0 Å². The highest BCUT2D eigenvalue weighted by Crippen LogP contribution is 2.33. The van der Waals surface area contributed by atoms with Crippen molar-refractivity contribution in [2.75, 3.05) is 13.2 Å². The average Bonchev–Trinajstić information content (AvgIpc) is 3.08. The number of hydrogen-bond donors (Lipinski definition) is 1. The maximum atomic E-state index is 12.7. The van der Waals surface area contributed by atoms with Gasteiger partial charge in [-0.15, -0.1) is 0 Å². The summed E-state index contributed by atoms with van der Waals surface area (Å²) in [5.74, 6) is 0.221. The molecule has 2 aliphatic heterocycles. The fraction of sp³-hybridized carbons (Fsp3) is 0.588. The Morgan fingerprint density at radius 1 is 1.38 bits per heavy atom. The molecule has 114 valence electrons. The fourth-order valence-electron chi connectivity index (χ4n) is 3.37. The first-order valence-electron chi connectivity index (χ1n) is 7.85. The molecule has 1 aromatic rings. The van der Waals surface area contributed by atoms with Gasteiger partial charge in [-0.25, -0.2) is 0 Å². The van der Waals surface area contributed by atoms with Gasteiger partial charge in [0.15, 0.2) is 0 Å². The first kappa shape index (κ1) is 14.5. The minimum atomic E-state index is -0.0736. The van der Waals surface area contributed by atoms with Gasteiger partial charge in [0.25, 0.3) is 0 Å². The highest BCUT2D eigenvalue weighted by atomic mass is 16.5. The molecule has 1 N–H and O–H groups in total. The van der Waals surface area contributed by atoms with Crippen molar-refractivity contribution in [2.45, 2.75) is 51.9 Å². The van der Waals surface area contributed by atoms with Crippen molar-refractivity contribution in [1.82, 2.24) is 10.2 Å². The van der Waals surface area contributed by atoms with E-state index in [0.29, 0.717) is 6.61 Å². The summed E-state index contributed by atoms with van der Waals surface area (Å²) in [5, 5.41) is 3.52. The Hall–Kier alpha value is -1.39. The Bertz CT molecular complexity index is 538. The molecule has 3 rings (SSSR count). The first-order valence-corrected chi connectivity index (χ1v) is 7.85. The van der Waals surface area contributed by atoms with E-state index in [1.807, 2.05) is 4.90 Å².